The van der Waals surface area contributed by atoms with Crippen LogP contribution in [0.1, 0.15) is 20.7 Å². The highest BCUT2D eigenvalue weighted by Gasteiger charge is 2.29. The van der Waals surface area contributed by atoms with Crippen LogP contribution < -0.4 is 16.2 Å². The molecule has 0 saturated carbocycles. The van der Waals surface area contributed by atoms with Gasteiger partial charge in [0.25, 0.3) is 11.8 Å². The summed E-state index contributed by atoms with van der Waals surface area (Å²) in [4.78, 5) is 39.4. The van der Waals surface area contributed by atoms with E-state index in [2.05, 4.69) is 21.2 Å². The molecule has 0 radical (unpaired) electrons. The molecule has 1 saturated heterocycles. The summed E-state index contributed by atoms with van der Waals surface area (Å²) in [6.45, 7) is 0.0875. The molecule has 2 heterocycles. The first-order valence-corrected chi connectivity index (χ1v) is 9.69. The molecule has 0 aliphatic carbocycles. The van der Waals surface area contributed by atoms with Crippen molar-refractivity contribution in [3.05, 3.63) is 59.9 Å². The Balaban J connectivity index is 1.71. The number of benzene rings is 1. The summed E-state index contributed by atoms with van der Waals surface area (Å²) >= 11 is 0. The number of hydrogen-bond acceptors (Lipinski definition) is 6. The molecule has 3 N–H and O–H groups in total. The highest BCUT2D eigenvalue weighted by atomic mass is 32.2. The van der Waals surface area contributed by atoms with Gasteiger partial charge in [-0.2, -0.15) is 4.31 Å². The van der Waals surface area contributed by atoms with E-state index in [4.69, 9.17) is 0 Å². The molecule has 1 aliphatic heterocycles. The van der Waals surface area contributed by atoms with Crippen molar-refractivity contribution in [1.82, 2.24) is 25.5 Å². The summed E-state index contributed by atoms with van der Waals surface area (Å²) in [5, 5.41) is 2.55. The fourth-order valence-corrected chi connectivity index (χ4v) is 3.97. The predicted molar refractivity (Wildman–Crippen MR) is 97.4 cm³/mol. The fourth-order valence-electron chi connectivity index (χ4n) is 2.52. The molecule has 146 valence electrons. The molecule has 1 fully saturated rings. The van der Waals surface area contributed by atoms with E-state index in [1.54, 1.807) is 6.07 Å². The van der Waals surface area contributed by atoms with Gasteiger partial charge in [0, 0.05) is 31.0 Å². The van der Waals surface area contributed by atoms with E-state index in [0.717, 1.165) is 4.31 Å². The van der Waals surface area contributed by atoms with Crippen LogP contribution in [-0.4, -0.2) is 55.1 Å². The number of amides is 3. The monoisotopic (exact) mass is 403 g/mol. The fraction of sp³-hybridized carbons (Fsp3) is 0.176. The van der Waals surface area contributed by atoms with Crippen LogP contribution in [0.5, 0.6) is 0 Å². The molecule has 3 amide bonds. The Bertz CT molecular complexity index is 1010. The Morgan fingerprint density at radius 1 is 1.07 bits per heavy atom. The lowest BCUT2D eigenvalue weighted by Gasteiger charge is -2.26. The maximum absolute atomic E-state index is 12.7. The molecular weight excluding hydrogens is 386 g/mol. The number of carbonyl (C=O) groups is 3. The molecule has 3 rings (SSSR count). The van der Waals surface area contributed by atoms with Crippen LogP contribution in [0.25, 0.3) is 0 Å². The lowest BCUT2D eigenvalue weighted by Crippen LogP contribution is -2.49. The Morgan fingerprint density at radius 3 is 2.46 bits per heavy atom. The molecule has 28 heavy (non-hydrogen) atoms. The average molecular weight is 403 g/mol. The third kappa shape index (κ3) is 4.32. The summed E-state index contributed by atoms with van der Waals surface area (Å²) in [6.07, 6.45) is 2.84. The van der Waals surface area contributed by atoms with Gasteiger partial charge < -0.3 is 5.32 Å². The molecule has 0 bridgehead atoms. The maximum Gasteiger partial charge on any atom is 0.271 e. The number of carbonyl (C=O) groups excluding carboxylic acids is 3. The molecule has 1 aromatic carbocycles. The first-order chi connectivity index (χ1) is 13.4. The number of hydrogen-bond donors (Lipinski definition) is 3. The summed E-state index contributed by atoms with van der Waals surface area (Å²) in [5.41, 5.74) is 4.75. The Labute approximate surface area is 161 Å². The van der Waals surface area contributed by atoms with E-state index in [0.29, 0.717) is 0 Å². The number of sulfonamides is 1. The van der Waals surface area contributed by atoms with Crippen molar-refractivity contribution < 1.29 is 22.8 Å². The number of aromatic nitrogens is 1. The van der Waals surface area contributed by atoms with Gasteiger partial charge in [0.05, 0.1) is 17.0 Å². The number of nitrogens with one attached hydrogen (secondary N) is 3. The van der Waals surface area contributed by atoms with Gasteiger partial charge in [-0.1, -0.05) is 6.07 Å². The zero-order chi connectivity index (χ0) is 20.1. The Hall–Kier alpha value is -3.31. The summed E-state index contributed by atoms with van der Waals surface area (Å²) in [6, 6.07) is 8.45. The lowest BCUT2D eigenvalue weighted by molar-refractivity contribution is -0.122. The number of rotatable bonds is 4. The molecule has 1 aliphatic rings. The number of pyridine rings is 1. The zero-order valence-electron chi connectivity index (χ0n) is 14.6. The van der Waals surface area contributed by atoms with Crippen LogP contribution in [0.15, 0.2) is 53.7 Å². The van der Waals surface area contributed by atoms with E-state index in [1.807, 2.05) is 0 Å². The standard InChI is InChI=1S/C17H17N5O5S/c23-15-11-22(8-7-19-15)28(26,27)14-5-1-3-12(9-14)16(24)20-21-17(25)13-4-2-6-18-10-13/h1-6,9-10H,7-8,11H2,(H,19,23)(H,20,24)(H,21,25). The third-order valence-corrected chi connectivity index (χ3v) is 5.79. The second-order valence-electron chi connectivity index (χ2n) is 5.87. The topological polar surface area (TPSA) is 138 Å². The van der Waals surface area contributed by atoms with E-state index in [9.17, 15) is 22.8 Å². The van der Waals surface area contributed by atoms with Gasteiger partial charge in [-0.15, -0.1) is 0 Å². The van der Waals surface area contributed by atoms with Crippen LogP contribution in [-0.2, 0) is 14.8 Å². The Morgan fingerprint density at radius 2 is 1.79 bits per heavy atom. The predicted octanol–water partition coefficient (Wildman–Crippen LogP) is -0.723. The molecule has 0 atom stereocenters. The van der Waals surface area contributed by atoms with Gasteiger partial charge in [-0.25, -0.2) is 8.42 Å². The molecule has 11 heteroatoms. The molecular formula is C17H17N5O5S. The summed E-state index contributed by atoms with van der Waals surface area (Å²) in [5.74, 6) is -1.64. The molecule has 0 unspecified atom stereocenters. The minimum absolute atomic E-state index is 0.0361. The minimum atomic E-state index is -3.93. The number of hydrazine groups is 1. The van der Waals surface area contributed by atoms with Gasteiger partial charge in [0.2, 0.25) is 15.9 Å². The quantitative estimate of drug-likeness (QED) is 0.576. The zero-order valence-corrected chi connectivity index (χ0v) is 15.4. The first-order valence-electron chi connectivity index (χ1n) is 8.25. The van der Waals surface area contributed by atoms with Crippen LogP contribution in [0.3, 0.4) is 0 Å². The third-order valence-electron chi connectivity index (χ3n) is 3.95. The Kier molecular flexibility index (Phi) is 5.66. The normalized spacial score (nSPS) is 14.8. The van der Waals surface area contributed by atoms with Gasteiger partial charge in [0.15, 0.2) is 0 Å². The van der Waals surface area contributed by atoms with Gasteiger partial charge in [-0.05, 0) is 30.3 Å². The molecule has 10 nitrogen and oxygen atoms in total. The van der Waals surface area contributed by atoms with E-state index in [1.165, 1.54) is 42.7 Å². The summed E-state index contributed by atoms with van der Waals surface area (Å²) < 4.78 is 26.4. The van der Waals surface area contributed by atoms with Crippen LogP contribution >= 0.6 is 0 Å². The maximum atomic E-state index is 12.7. The second kappa shape index (κ2) is 8.15. The molecule has 0 spiro atoms. The van der Waals surface area contributed by atoms with E-state index >= 15 is 0 Å². The van der Waals surface area contributed by atoms with Crippen molar-refractivity contribution in [2.45, 2.75) is 4.90 Å². The van der Waals surface area contributed by atoms with Gasteiger partial charge in [-0.3, -0.25) is 30.2 Å². The van der Waals surface area contributed by atoms with Gasteiger partial charge >= 0.3 is 0 Å². The average Bonchev–Trinajstić information content (AvgIpc) is 2.72. The van der Waals surface area contributed by atoms with Crippen molar-refractivity contribution in [3.8, 4) is 0 Å². The van der Waals surface area contributed by atoms with Crippen LogP contribution in [0.4, 0.5) is 0 Å². The first kappa shape index (κ1) is 19.5. The van der Waals surface area contributed by atoms with Crippen molar-refractivity contribution in [3.63, 3.8) is 0 Å². The molecule has 1 aromatic heterocycles. The highest BCUT2D eigenvalue weighted by Crippen LogP contribution is 2.17. The smallest absolute Gasteiger partial charge is 0.271 e. The number of nitrogens with zero attached hydrogens (tertiary/aromatic N) is 2. The van der Waals surface area contributed by atoms with E-state index < -0.39 is 21.8 Å². The second-order valence-corrected chi connectivity index (χ2v) is 7.80. The van der Waals surface area contributed by atoms with Crippen molar-refractivity contribution in [2.75, 3.05) is 19.6 Å². The van der Waals surface area contributed by atoms with Crippen molar-refractivity contribution in [1.29, 1.82) is 0 Å². The van der Waals surface area contributed by atoms with Crippen molar-refractivity contribution >= 4 is 27.7 Å². The van der Waals surface area contributed by atoms with Gasteiger partial charge in [0.1, 0.15) is 0 Å². The SMILES string of the molecule is O=C1CN(S(=O)(=O)c2cccc(C(=O)NNC(=O)c3cccnc3)c2)CCN1. The van der Waals surface area contributed by atoms with Crippen molar-refractivity contribution in [2.24, 2.45) is 0 Å². The van der Waals surface area contributed by atoms with E-state index in [-0.39, 0.29) is 41.6 Å². The highest BCUT2D eigenvalue weighted by molar-refractivity contribution is 7.89. The minimum Gasteiger partial charge on any atom is -0.354 e. The molecule has 2 aromatic rings. The largest absolute Gasteiger partial charge is 0.354 e. The van der Waals surface area contributed by atoms with Crippen LogP contribution in [0.2, 0.25) is 0 Å². The summed E-state index contributed by atoms with van der Waals surface area (Å²) in [7, 11) is -3.93. The lowest BCUT2D eigenvalue weighted by atomic mass is 10.2. The number of piperazine rings is 1. The van der Waals surface area contributed by atoms with Crippen LogP contribution in [0, 0.1) is 0 Å².